The van der Waals surface area contributed by atoms with Crippen LogP contribution in [0.3, 0.4) is 0 Å². The number of nitrogens with one attached hydrogen (secondary N) is 2. The van der Waals surface area contributed by atoms with E-state index in [9.17, 15) is 9.59 Å². The molecule has 0 aliphatic rings. The van der Waals surface area contributed by atoms with Crippen molar-refractivity contribution in [3.8, 4) is 5.75 Å². The van der Waals surface area contributed by atoms with Gasteiger partial charge in [-0.15, -0.1) is 0 Å². The van der Waals surface area contributed by atoms with E-state index >= 15 is 0 Å². The predicted molar refractivity (Wildman–Crippen MR) is 108 cm³/mol. The lowest BCUT2D eigenvalue weighted by molar-refractivity contribution is -0.138. The molecule has 6 heteroatoms. The second-order valence-electron chi connectivity index (χ2n) is 7.02. The average molecular weight is 389 g/mol. The number of hydrogen-bond acceptors (Lipinski definition) is 3. The smallest absolute Gasteiger partial charge is 0.239 e. The molecule has 2 amide bonds. The van der Waals surface area contributed by atoms with Gasteiger partial charge < -0.3 is 15.4 Å². The minimum atomic E-state index is -1.27. The molecule has 5 nitrogen and oxygen atoms in total. The number of halogens is 1. The molecule has 2 aromatic rings. The summed E-state index contributed by atoms with van der Waals surface area (Å²) < 4.78 is 5.71. The van der Waals surface area contributed by atoms with Crippen LogP contribution in [0.15, 0.2) is 48.5 Å². The van der Waals surface area contributed by atoms with Gasteiger partial charge in [0, 0.05) is 11.6 Å². The van der Waals surface area contributed by atoms with Gasteiger partial charge in [0.1, 0.15) is 11.2 Å². The summed E-state index contributed by atoms with van der Waals surface area (Å²) in [4.78, 5) is 25.3. The zero-order valence-corrected chi connectivity index (χ0v) is 16.8. The maximum Gasteiger partial charge on any atom is 0.239 e. The van der Waals surface area contributed by atoms with Crippen molar-refractivity contribution < 1.29 is 14.3 Å². The third-order valence-electron chi connectivity index (χ3n) is 4.03. The van der Waals surface area contributed by atoms with Crippen LogP contribution in [-0.2, 0) is 16.1 Å². The zero-order valence-electron chi connectivity index (χ0n) is 16.0. The largest absolute Gasteiger partial charge is 0.489 e. The highest BCUT2D eigenvalue weighted by atomic mass is 35.5. The molecule has 144 valence electrons. The summed E-state index contributed by atoms with van der Waals surface area (Å²) >= 11 is 6.11. The Bertz CT molecular complexity index is 819. The van der Waals surface area contributed by atoms with E-state index in [4.69, 9.17) is 16.3 Å². The van der Waals surface area contributed by atoms with Crippen LogP contribution in [0.4, 0.5) is 5.69 Å². The summed E-state index contributed by atoms with van der Waals surface area (Å²) in [5.74, 6) is -0.241. The van der Waals surface area contributed by atoms with Crippen molar-refractivity contribution in [2.45, 2.75) is 40.3 Å². The maximum absolute atomic E-state index is 12.7. The molecular weight excluding hydrogens is 364 g/mol. The lowest BCUT2D eigenvalue weighted by Crippen LogP contribution is -2.45. The normalized spacial score (nSPS) is 11.2. The number of rotatable bonds is 7. The SMILES string of the molecule is CC(C)Oc1ccccc1NC(=O)C(C)(C)C(=O)NCc1ccccc1Cl. The monoisotopic (exact) mass is 388 g/mol. The second-order valence-corrected chi connectivity index (χ2v) is 7.42. The summed E-state index contributed by atoms with van der Waals surface area (Å²) in [5, 5.41) is 6.14. The van der Waals surface area contributed by atoms with Gasteiger partial charge in [-0.3, -0.25) is 9.59 Å². The number of anilines is 1. The third kappa shape index (κ3) is 5.47. The van der Waals surface area contributed by atoms with E-state index in [2.05, 4.69) is 10.6 Å². The van der Waals surface area contributed by atoms with E-state index in [1.165, 1.54) is 0 Å². The van der Waals surface area contributed by atoms with E-state index in [0.717, 1.165) is 5.56 Å². The third-order valence-corrected chi connectivity index (χ3v) is 4.40. The number of para-hydroxylation sites is 2. The van der Waals surface area contributed by atoms with Crippen LogP contribution in [0, 0.1) is 5.41 Å². The number of benzene rings is 2. The minimum Gasteiger partial charge on any atom is -0.489 e. The molecule has 0 spiro atoms. The number of amides is 2. The van der Waals surface area contributed by atoms with Gasteiger partial charge >= 0.3 is 0 Å². The van der Waals surface area contributed by atoms with Crippen LogP contribution < -0.4 is 15.4 Å². The minimum absolute atomic E-state index is 0.0324. The summed E-state index contributed by atoms with van der Waals surface area (Å²) in [5.41, 5.74) is 0.0502. The summed E-state index contributed by atoms with van der Waals surface area (Å²) in [6.07, 6.45) is -0.0324. The number of hydrogen-bond donors (Lipinski definition) is 2. The van der Waals surface area contributed by atoms with E-state index in [-0.39, 0.29) is 18.6 Å². The first kappa shape index (κ1) is 20.8. The lowest BCUT2D eigenvalue weighted by atomic mass is 9.90. The quantitative estimate of drug-likeness (QED) is 0.690. The van der Waals surface area contributed by atoms with Gasteiger partial charge in [0.2, 0.25) is 11.8 Å². The van der Waals surface area contributed by atoms with Crippen molar-refractivity contribution in [1.82, 2.24) is 5.32 Å². The Morgan fingerprint density at radius 3 is 2.33 bits per heavy atom. The molecule has 0 fully saturated rings. The first-order valence-corrected chi connectivity index (χ1v) is 9.18. The Morgan fingerprint density at radius 1 is 1.04 bits per heavy atom. The van der Waals surface area contributed by atoms with Crippen molar-refractivity contribution in [3.05, 3.63) is 59.1 Å². The van der Waals surface area contributed by atoms with Gasteiger partial charge in [0.25, 0.3) is 0 Å². The Hall–Kier alpha value is -2.53. The van der Waals surface area contributed by atoms with Gasteiger partial charge in [0.05, 0.1) is 11.8 Å². The molecule has 0 aromatic heterocycles. The molecule has 0 atom stereocenters. The second kappa shape index (κ2) is 8.91. The Morgan fingerprint density at radius 2 is 1.67 bits per heavy atom. The van der Waals surface area contributed by atoms with Crippen LogP contribution in [0.1, 0.15) is 33.3 Å². The van der Waals surface area contributed by atoms with Gasteiger partial charge in [-0.05, 0) is 51.5 Å². The van der Waals surface area contributed by atoms with Crippen LogP contribution in [0.2, 0.25) is 5.02 Å². The van der Waals surface area contributed by atoms with Crippen LogP contribution in [-0.4, -0.2) is 17.9 Å². The first-order chi connectivity index (χ1) is 12.7. The van der Waals surface area contributed by atoms with Gasteiger partial charge in [-0.25, -0.2) is 0 Å². The molecular formula is C21H25ClN2O3. The number of carbonyl (C=O) groups is 2. The van der Waals surface area contributed by atoms with Crippen molar-refractivity contribution >= 4 is 29.1 Å². The fraction of sp³-hybridized carbons (Fsp3) is 0.333. The van der Waals surface area contributed by atoms with Crippen LogP contribution >= 0.6 is 11.6 Å². The van der Waals surface area contributed by atoms with Gasteiger partial charge in [-0.1, -0.05) is 41.9 Å². The zero-order chi connectivity index (χ0) is 20.0. The molecule has 0 aliphatic heterocycles. The Kier molecular flexibility index (Phi) is 6.86. The van der Waals surface area contributed by atoms with Crippen molar-refractivity contribution in [3.63, 3.8) is 0 Å². The average Bonchev–Trinajstić information content (AvgIpc) is 2.61. The topological polar surface area (TPSA) is 67.4 Å². The molecule has 0 aliphatic carbocycles. The van der Waals surface area contributed by atoms with Crippen molar-refractivity contribution in [2.75, 3.05) is 5.32 Å². The molecule has 2 aromatic carbocycles. The molecule has 0 heterocycles. The van der Waals surface area contributed by atoms with E-state index < -0.39 is 11.3 Å². The molecule has 27 heavy (non-hydrogen) atoms. The summed E-state index contributed by atoms with van der Waals surface area (Å²) in [7, 11) is 0. The van der Waals surface area contributed by atoms with E-state index in [0.29, 0.717) is 16.5 Å². The van der Waals surface area contributed by atoms with Gasteiger partial charge in [-0.2, -0.15) is 0 Å². The molecule has 0 saturated heterocycles. The maximum atomic E-state index is 12.7. The number of carbonyl (C=O) groups excluding carboxylic acids is 2. The van der Waals surface area contributed by atoms with Crippen molar-refractivity contribution in [2.24, 2.45) is 5.41 Å². The highest BCUT2D eigenvalue weighted by molar-refractivity contribution is 6.31. The Labute approximate surface area is 165 Å². The standard InChI is InChI=1S/C21H25ClN2O3/c1-14(2)27-18-12-8-7-11-17(18)24-20(26)21(3,4)19(25)23-13-15-9-5-6-10-16(15)22/h5-12,14H,13H2,1-4H3,(H,23,25)(H,24,26). The molecule has 0 saturated carbocycles. The van der Waals surface area contributed by atoms with Crippen LogP contribution in [0.25, 0.3) is 0 Å². The van der Waals surface area contributed by atoms with Crippen molar-refractivity contribution in [1.29, 1.82) is 0 Å². The highest BCUT2D eigenvalue weighted by Crippen LogP contribution is 2.27. The first-order valence-electron chi connectivity index (χ1n) is 8.80. The summed E-state index contributed by atoms with van der Waals surface area (Å²) in [6, 6.07) is 14.4. The molecule has 0 unspecified atom stereocenters. The van der Waals surface area contributed by atoms with E-state index in [1.54, 1.807) is 38.1 Å². The molecule has 2 rings (SSSR count). The van der Waals surface area contributed by atoms with E-state index in [1.807, 2.05) is 38.1 Å². The predicted octanol–water partition coefficient (Wildman–Crippen LogP) is 4.41. The molecule has 0 radical (unpaired) electrons. The fourth-order valence-electron chi connectivity index (χ4n) is 2.35. The van der Waals surface area contributed by atoms with Gasteiger partial charge in [0.15, 0.2) is 0 Å². The fourth-order valence-corrected chi connectivity index (χ4v) is 2.55. The summed E-state index contributed by atoms with van der Waals surface area (Å²) in [6.45, 7) is 7.23. The Balaban J connectivity index is 2.06. The lowest BCUT2D eigenvalue weighted by Gasteiger charge is -2.24. The number of ether oxygens (including phenoxy) is 1. The molecule has 0 bridgehead atoms. The highest BCUT2D eigenvalue weighted by Gasteiger charge is 2.36. The molecule has 2 N–H and O–H groups in total. The van der Waals surface area contributed by atoms with Crippen LogP contribution in [0.5, 0.6) is 5.75 Å².